The molecule has 2 atom stereocenters. The quantitative estimate of drug-likeness (QED) is 0.220. The van der Waals surface area contributed by atoms with Gasteiger partial charge in [-0.1, -0.05) is 0 Å². The molecule has 0 aliphatic carbocycles. The number of hydrogen-bond donors (Lipinski definition) is 5. The molecule has 7 heteroatoms. The fourth-order valence-electron chi connectivity index (χ4n) is 0.365. The monoisotopic (exact) mass is 164 g/mol. The number of hydrogen-bond acceptors (Lipinski definition) is 5. The zero-order chi connectivity index (χ0) is 9.02. The van der Waals surface area contributed by atoms with Gasteiger partial charge in [-0.2, -0.15) is 0 Å². The number of primary amides is 1. The van der Waals surface area contributed by atoms with E-state index >= 15 is 0 Å². The lowest BCUT2D eigenvalue weighted by molar-refractivity contribution is -0.149. The number of amides is 2. The molecule has 0 unspecified atom stereocenters. The van der Waals surface area contributed by atoms with Crippen LogP contribution in [-0.2, 0) is 9.59 Å². The van der Waals surface area contributed by atoms with Gasteiger partial charge in [0.1, 0.15) is 0 Å². The summed E-state index contributed by atoms with van der Waals surface area (Å²) in [7, 11) is 0. The second-order valence-electron chi connectivity index (χ2n) is 1.77. The highest BCUT2D eigenvalue weighted by molar-refractivity contribution is 5.89. The van der Waals surface area contributed by atoms with Gasteiger partial charge >= 0.3 is 0 Å². The summed E-state index contributed by atoms with van der Waals surface area (Å²) < 4.78 is 0. The Kier molecular flexibility index (Phi) is 3.45. The Balaban J connectivity index is 4.12. The van der Waals surface area contributed by atoms with Crippen molar-refractivity contribution < 1.29 is 25.0 Å². The zero-order valence-corrected chi connectivity index (χ0v) is 5.39. The summed E-state index contributed by atoms with van der Waals surface area (Å²) >= 11 is 0. The van der Waals surface area contributed by atoms with Crippen LogP contribution in [-0.4, -0.2) is 39.4 Å². The first-order valence-electron chi connectivity index (χ1n) is 2.60. The third kappa shape index (κ3) is 2.50. The average molecular weight is 164 g/mol. The van der Waals surface area contributed by atoms with Crippen molar-refractivity contribution in [3.63, 3.8) is 0 Å². The van der Waals surface area contributed by atoms with Crippen molar-refractivity contribution in [1.82, 2.24) is 5.48 Å². The van der Waals surface area contributed by atoms with E-state index in [2.05, 4.69) is 5.73 Å². The van der Waals surface area contributed by atoms with Gasteiger partial charge in [0, 0.05) is 0 Å². The molecule has 2 amide bonds. The molecule has 0 saturated heterocycles. The highest BCUT2D eigenvalue weighted by atomic mass is 16.5. The number of aliphatic hydroxyl groups is 2. The topological polar surface area (TPSA) is 133 Å². The maximum absolute atomic E-state index is 10.3. The summed E-state index contributed by atoms with van der Waals surface area (Å²) in [5.74, 6) is -2.54. The first kappa shape index (κ1) is 9.82. The largest absolute Gasteiger partial charge is 0.380 e. The first-order valence-corrected chi connectivity index (χ1v) is 2.60. The fraction of sp³-hybridized carbons (Fsp3) is 0.500. The van der Waals surface area contributed by atoms with Crippen molar-refractivity contribution in [2.45, 2.75) is 12.2 Å². The van der Waals surface area contributed by atoms with Crippen LogP contribution in [0.15, 0.2) is 0 Å². The molecular formula is C4H8N2O5. The predicted octanol–water partition coefficient (Wildman–Crippen LogP) is -3.30. The molecule has 0 aliphatic rings. The third-order valence-electron chi connectivity index (χ3n) is 0.969. The molecule has 0 bridgehead atoms. The van der Waals surface area contributed by atoms with Gasteiger partial charge in [-0.25, -0.2) is 5.48 Å². The van der Waals surface area contributed by atoms with Crippen LogP contribution in [0, 0.1) is 0 Å². The van der Waals surface area contributed by atoms with E-state index in [1.54, 1.807) is 0 Å². The van der Waals surface area contributed by atoms with E-state index in [0.29, 0.717) is 0 Å². The molecular weight excluding hydrogens is 156 g/mol. The van der Waals surface area contributed by atoms with Crippen LogP contribution < -0.4 is 11.2 Å². The minimum absolute atomic E-state index is 1.04. The van der Waals surface area contributed by atoms with Crippen LogP contribution in [0.1, 0.15) is 0 Å². The van der Waals surface area contributed by atoms with Crippen LogP contribution in [0.25, 0.3) is 0 Å². The van der Waals surface area contributed by atoms with E-state index in [0.717, 1.165) is 5.48 Å². The normalized spacial score (nSPS) is 15.2. The van der Waals surface area contributed by atoms with Gasteiger partial charge < -0.3 is 15.9 Å². The Morgan fingerprint density at radius 2 is 1.73 bits per heavy atom. The summed E-state index contributed by atoms with van der Waals surface area (Å²) in [4.78, 5) is 20.4. The minimum atomic E-state index is -2.04. The summed E-state index contributed by atoms with van der Waals surface area (Å²) in [6.07, 6.45) is -4.06. The number of nitrogens with two attached hydrogens (primary N) is 1. The number of carbonyl (C=O) groups is 2. The molecule has 0 saturated carbocycles. The first-order chi connectivity index (χ1) is 5.00. The van der Waals surface area contributed by atoms with Crippen LogP contribution in [0.4, 0.5) is 0 Å². The third-order valence-corrected chi connectivity index (χ3v) is 0.969. The van der Waals surface area contributed by atoms with Gasteiger partial charge in [0.2, 0.25) is 5.91 Å². The maximum atomic E-state index is 10.3. The Morgan fingerprint density at radius 1 is 1.27 bits per heavy atom. The van der Waals surface area contributed by atoms with E-state index in [4.69, 9.17) is 15.4 Å². The lowest BCUT2D eigenvalue weighted by atomic mass is 10.2. The van der Waals surface area contributed by atoms with Crippen molar-refractivity contribution in [3.8, 4) is 0 Å². The number of hydroxylamine groups is 1. The summed E-state index contributed by atoms with van der Waals surface area (Å²) in [5.41, 5.74) is 5.56. The number of nitrogens with one attached hydrogen (secondary N) is 1. The molecule has 11 heavy (non-hydrogen) atoms. The lowest BCUT2D eigenvalue weighted by Crippen LogP contribution is -2.47. The molecule has 0 spiro atoms. The summed E-state index contributed by atoms with van der Waals surface area (Å²) in [6, 6.07) is 0. The van der Waals surface area contributed by atoms with E-state index in [1.165, 1.54) is 0 Å². The van der Waals surface area contributed by atoms with Gasteiger partial charge in [-0.05, 0) is 0 Å². The van der Waals surface area contributed by atoms with Gasteiger partial charge in [-0.3, -0.25) is 14.8 Å². The van der Waals surface area contributed by atoms with Crippen LogP contribution in [0.3, 0.4) is 0 Å². The Labute approximate surface area is 61.4 Å². The smallest absolute Gasteiger partial charge is 0.275 e. The van der Waals surface area contributed by atoms with Crippen molar-refractivity contribution in [2.24, 2.45) is 5.73 Å². The van der Waals surface area contributed by atoms with Gasteiger partial charge in [-0.15, -0.1) is 0 Å². The zero-order valence-electron chi connectivity index (χ0n) is 5.39. The van der Waals surface area contributed by atoms with E-state index < -0.39 is 24.0 Å². The Bertz CT molecular complexity index is 170. The van der Waals surface area contributed by atoms with Crippen molar-refractivity contribution in [3.05, 3.63) is 0 Å². The van der Waals surface area contributed by atoms with Gasteiger partial charge in [0.25, 0.3) is 5.91 Å². The molecule has 0 radical (unpaired) electrons. The lowest BCUT2D eigenvalue weighted by Gasteiger charge is -2.11. The molecule has 64 valence electrons. The maximum Gasteiger partial charge on any atom is 0.275 e. The predicted molar refractivity (Wildman–Crippen MR) is 31.1 cm³/mol. The second kappa shape index (κ2) is 3.86. The molecule has 0 heterocycles. The van der Waals surface area contributed by atoms with E-state index in [9.17, 15) is 9.59 Å². The van der Waals surface area contributed by atoms with Crippen molar-refractivity contribution in [2.75, 3.05) is 0 Å². The van der Waals surface area contributed by atoms with E-state index in [1.807, 2.05) is 0 Å². The molecule has 0 aromatic rings. The van der Waals surface area contributed by atoms with Crippen molar-refractivity contribution >= 4 is 11.8 Å². The van der Waals surface area contributed by atoms with Crippen LogP contribution in [0.5, 0.6) is 0 Å². The molecule has 0 fully saturated rings. The Morgan fingerprint density at radius 3 is 2.00 bits per heavy atom. The molecule has 7 nitrogen and oxygen atoms in total. The Hall–Kier alpha value is -1.18. The summed E-state index contributed by atoms with van der Waals surface area (Å²) in [5, 5.41) is 25.1. The van der Waals surface area contributed by atoms with Gasteiger partial charge in [0.05, 0.1) is 0 Å². The van der Waals surface area contributed by atoms with Gasteiger partial charge in [0.15, 0.2) is 12.2 Å². The van der Waals surface area contributed by atoms with Crippen LogP contribution in [0.2, 0.25) is 0 Å². The highest BCUT2D eigenvalue weighted by Gasteiger charge is 2.27. The average Bonchev–Trinajstić information content (AvgIpc) is 2.00. The number of aliphatic hydroxyl groups excluding tert-OH is 2. The standard InChI is InChI=1S/C4H8N2O5/c5-3(9)1(7)2(8)4(10)6-11/h1-2,7-8,11H,(H2,5,9)(H,6,10)/t1-,2-/m1/s1. The van der Waals surface area contributed by atoms with E-state index in [-0.39, 0.29) is 0 Å². The number of carbonyl (C=O) groups excluding carboxylic acids is 2. The summed E-state index contributed by atoms with van der Waals surface area (Å²) in [6.45, 7) is 0. The molecule has 0 aliphatic heterocycles. The number of rotatable bonds is 3. The fourth-order valence-corrected chi connectivity index (χ4v) is 0.365. The molecule has 0 rings (SSSR count). The van der Waals surface area contributed by atoms with Crippen molar-refractivity contribution in [1.29, 1.82) is 0 Å². The SMILES string of the molecule is NC(=O)[C@H](O)[C@@H](O)C(=O)NO. The van der Waals surface area contributed by atoms with Crippen LogP contribution >= 0.6 is 0 Å². The molecule has 0 aromatic heterocycles. The minimum Gasteiger partial charge on any atom is -0.380 e. The second-order valence-corrected chi connectivity index (χ2v) is 1.77. The highest BCUT2D eigenvalue weighted by Crippen LogP contribution is 1.91. The molecule has 0 aromatic carbocycles. The molecule has 6 N–H and O–H groups in total.